The third-order valence-electron chi connectivity index (χ3n) is 6.52. The fourth-order valence-electron chi connectivity index (χ4n) is 4.54. The summed E-state index contributed by atoms with van der Waals surface area (Å²) in [4.78, 5) is 13.8. The van der Waals surface area contributed by atoms with E-state index in [-0.39, 0.29) is 0 Å². The standard InChI is InChI=1S/3C10H9NO.Al/c3*1-7-4-5-9(12)10-8(7)3-2-6-11-10;/h3*2-6,12H,1H3;/q;;;+3/p-3. The van der Waals surface area contributed by atoms with Crippen molar-refractivity contribution in [1.82, 2.24) is 15.0 Å². The smallest absolute Gasteiger partial charge is 0.576 e. The van der Waals surface area contributed by atoms with Crippen molar-refractivity contribution in [1.29, 1.82) is 0 Å². The number of aromatic nitrogens is 3. The summed E-state index contributed by atoms with van der Waals surface area (Å²) >= 11 is -2.90. The van der Waals surface area contributed by atoms with Gasteiger partial charge in [0, 0.05) is 34.7 Å². The van der Waals surface area contributed by atoms with Crippen LogP contribution in [0.5, 0.6) is 17.2 Å². The van der Waals surface area contributed by atoms with E-state index in [1.807, 2.05) is 72.8 Å². The van der Waals surface area contributed by atoms with Crippen molar-refractivity contribution < 1.29 is 11.4 Å². The number of pyridine rings is 3. The van der Waals surface area contributed by atoms with Gasteiger partial charge in [-0.3, -0.25) is 15.0 Å². The van der Waals surface area contributed by atoms with Crippen molar-refractivity contribution in [3.63, 3.8) is 0 Å². The van der Waals surface area contributed by atoms with Gasteiger partial charge in [0.15, 0.2) is 0 Å². The topological polar surface area (TPSA) is 66.4 Å². The van der Waals surface area contributed by atoms with Gasteiger partial charge in [0.2, 0.25) is 0 Å². The van der Waals surface area contributed by atoms with E-state index in [9.17, 15) is 0 Å². The van der Waals surface area contributed by atoms with Crippen LogP contribution in [-0.4, -0.2) is 30.1 Å². The molecule has 6 nitrogen and oxygen atoms in total. The van der Waals surface area contributed by atoms with Gasteiger partial charge < -0.3 is 11.4 Å². The normalized spacial score (nSPS) is 11.1. The highest BCUT2D eigenvalue weighted by atomic mass is 27.3. The van der Waals surface area contributed by atoms with Crippen molar-refractivity contribution in [2.45, 2.75) is 20.8 Å². The number of hydrogen-bond acceptors (Lipinski definition) is 6. The number of hydrogen-bond donors (Lipinski definition) is 0. The van der Waals surface area contributed by atoms with Crippen molar-refractivity contribution in [2.24, 2.45) is 0 Å². The van der Waals surface area contributed by atoms with Gasteiger partial charge in [-0.25, -0.2) is 0 Å². The predicted octanol–water partition coefficient (Wildman–Crippen LogP) is 6.78. The maximum atomic E-state index is 6.53. The molecule has 0 unspecified atom stereocenters. The molecule has 0 saturated carbocycles. The number of fused-ring (bicyclic) bond motifs is 3. The van der Waals surface area contributed by atoms with Crippen LogP contribution in [0.4, 0.5) is 0 Å². The van der Waals surface area contributed by atoms with E-state index >= 15 is 0 Å². The minimum atomic E-state index is -2.90. The van der Waals surface area contributed by atoms with Crippen molar-refractivity contribution in [3.05, 3.63) is 108 Å². The maximum Gasteiger partial charge on any atom is 1.20 e. The molecule has 37 heavy (non-hydrogen) atoms. The van der Waals surface area contributed by atoms with Crippen LogP contribution in [-0.2, 0) is 0 Å². The number of aryl methyl sites for hydroxylation is 3. The Kier molecular flexibility index (Phi) is 6.09. The first-order chi connectivity index (χ1) is 18.1. The molecule has 0 bridgehead atoms. The maximum absolute atomic E-state index is 6.53. The summed E-state index contributed by atoms with van der Waals surface area (Å²) in [5.74, 6) is 1.85. The Labute approximate surface area is 219 Å². The number of benzene rings is 3. The molecule has 7 heteroatoms. The highest BCUT2D eigenvalue weighted by molar-refractivity contribution is 6.40. The van der Waals surface area contributed by atoms with Gasteiger partial charge in [-0.05, 0) is 73.9 Å². The van der Waals surface area contributed by atoms with Crippen LogP contribution in [0.2, 0.25) is 0 Å². The van der Waals surface area contributed by atoms with Crippen molar-refractivity contribution in [3.8, 4) is 17.2 Å². The Bertz CT molecular complexity index is 1570. The minimum Gasteiger partial charge on any atom is -0.576 e. The zero-order valence-corrected chi connectivity index (χ0v) is 22.0. The average molecular weight is 502 g/mol. The van der Waals surface area contributed by atoms with Crippen LogP contribution < -0.4 is 11.4 Å². The molecule has 3 aromatic heterocycles. The van der Waals surface area contributed by atoms with E-state index < -0.39 is 15.1 Å². The van der Waals surface area contributed by atoms with Crippen LogP contribution in [0.15, 0.2) is 91.4 Å². The summed E-state index contributed by atoms with van der Waals surface area (Å²) in [7, 11) is 0. The predicted molar refractivity (Wildman–Crippen MR) is 147 cm³/mol. The molecule has 0 aliphatic rings. The average Bonchev–Trinajstić information content (AvgIpc) is 2.94. The zero-order valence-electron chi connectivity index (χ0n) is 20.8. The number of nitrogens with zero attached hydrogens (tertiary/aromatic N) is 3. The Hall–Kier alpha value is -4.18. The molecule has 0 aliphatic heterocycles. The second-order valence-corrected chi connectivity index (χ2v) is 10.3. The summed E-state index contributed by atoms with van der Waals surface area (Å²) in [6, 6.07) is 23.7. The monoisotopic (exact) mass is 501 g/mol. The van der Waals surface area contributed by atoms with Gasteiger partial charge in [0.05, 0.1) is 0 Å². The largest absolute Gasteiger partial charge is 1.20 e. The van der Waals surface area contributed by atoms with Gasteiger partial charge in [-0.2, -0.15) is 0 Å². The molecular weight excluding hydrogens is 477 g/mol. The molecule has 6 aromatic rings. The summed E-state index contributed by atoms with van der Waals surface area (Å²) in [6.07, 6.45) is 5.30. The highest BCUT2D eigenvalue weighted by Gasteiger charge is 2.46. The summed E-state index contributed by atoms with van der Waals surface area (Å²) in [6.45, 7) is 6.18. The first kappa shape index (κ1) is 23.2. The van der Waals surface area contributed by atoms with Crippen molar-refractivity contribution >= 4 is 47.9 Å². The Morgan fingerprint density at radius 3 is 1.11 bits per heavy atom. The Morgan fingerprint density at radius 1 is 0.459 bits per heavy atom. The molecule has 0 N–H and O–H groups in total. The lowest BCUT2D eigenvalue weighted by Gasteiger charge is -2.19. The minimum absolute atomic E-state index is 0.617. The van der Waals surface area contributed by atoms with E-state index in [4.69, 9.17) is 11.4 Å². The molecule has 0 amide bonds. The molecule has 0 radical (unpaired) electrons. The van der Waals surface area contributed by atoms with Gasteiger partial charge in [0.1, 0.15) is 33.8 Å². The van der Waals surface area contributed by atoms with Crippen LogP contribution in [0, 0.1) is 20.8 Å². The fraction of sp³-hybridized carbons (Fsp3) is 0.100. The molecule has 6 rings (SSSR count). The van der Waals surface area contributed by atoms with Gasteiger partial charge in [-0.1, -0.05) is 36.4 Å². The molecular formula is C30H24AlN3O3. The summed E-state index contributed by atoms with van der Waals surface area (Å²) < 4.78 is 19.6. The third-order valence-corrected chi connectivity index (χ3v) is 7.86. The SMILES string of the molecule is Cc1ccc([O][Al]([O]c2ccc(C)c3cccnc23)[O]c2ccc(C)c3cccnc23)c2ncccc12. The lowest BCUT2D eigenvalue weighted by molar-refractivity contribution is 0.311. The first-order valence-corrected chi connectivity index (χ1v) is 13.5. The molecule has 180 valence electrons. The lowest BCUT2D eigenvalue weighted by Crippen LogP contribution is -2.37. The molecule has 3 heterocycles. The molecule has 3 aromatic carbocycles. The Morgan fingerprint density at radius 2 is 0.784 bits per heavy atom. The first-order valence-electron chi connectivity index (χ1n) is 12.1. The van der Waals surface area contributed by atoms with Gasteiger partial charge >= 0.3 is 15.1 Å². The second kappa shape index (κ2) is 9.70. The molecule has 0 aliphatic carbocycles. The van der Waals surface area contributed by atoms with Gasteiger partial charge in [0.25, 0.3) is 0 Å². The quantitative estimate of drug-likeness (QED) is 0.235. The highest BCUT2D eigenvalue weighted by Crippen LogP contribution is 2.32. The molecule has 0 fully saturated rings. The molecule has 0 saturated heterocycles. The molecule has 0 spiro atoms. The third kappa shape index (κ3) is 4.44. The summed E-state index contributed by atoms with van der Waals surface area (Å²) in [5.41, 5.74) is 5.68. The van der Waals surface area contributed by atoms with E-state index in [2.05, 4.69) is 35.7 Å². The van der Waals surface area contributed by atoms with E-state index in [1.54, 1.807) is 18.6 Å². The van der Waals surface area contributed by atoms with Crippen LogP contribution in [0.25, 0.3) is 32.7 Å². The van der Waals surface area contributed by atoms with E-state index in [0.717, 1.165) is 49.4 Å². The van der Waals surface area contributed by atoms with E-state index in [1.165, 1.54) is 0 Å². The van der Waals surface area contributed by atoms with Crippen LogP contribution in [0.1, 0.15) is 16.7 Å². The zero-order chi connectivity index (χ0) is 25.4. The summed E-state index contributed by atoms with van der Waals surface area (Å²) in [5, 5.41) is 3.08. The van der Waals surface area contributed by atoms with Gasteiger partial charge in [-0.15, -0.1) is 0 Å². The fourth-order valence-corrected chi connectivity index (χ4v) is 5.87. The Balaban J connectivity index is 1.45. The molecule has 0 atom stereocenters. The second-order valence-electron chi connectivity index (χ2n) is 8.98. The van der Waals surface area contributed by atoms with E-state index in [0.29, 0.717) is 17.2 Å². The lowest BCUT2D eigenvalue weighted by atomic mass is 10.1. The van der Waals surface area contributed by atoms with Crippen LogP contribution >= 0.6 is 0 Å². The van der Waals surface area contributed by atoms with Crippen molar-refractivity contribution in [2.75, 3.05) is 0 Å². The number of rotatable bonds is 6. The van der Waals surface area contributed by atoms with Crippen LogP contribution in [0.3, 0.4) is 0 Å².